The molecule has 0 spiro atoms. The van der Waals surface area contributed by atoms with Crippen molar-refractivity contribution in [2.45, 2.75) is 6.92 Å². The number of aromatic nitrogens is 2. The first-order valence-corrected chi connectivity index (χ1v) is 16.6. The molecule has 1 aliphatic heterocycles. The Balaban J connectivity index is 1.26. The van der Waals surface area contributed by atoms with E-state index in [0.29, 0.717) is 5.69 Å². The summed E-state index contributed by atoms with van der Waals surface area (Å²) in [6, 6.07) is 53.7. The zero-order valence-corrected chi connectivity index (χ0v) is 26.8. The van der Waals surface area contributed by atoms with E-state index in [2.05, 4.69) is 148 Å². The third kappa shape index (κ3) is 4.11. The highest BCUT2D eigenvalue weighted by molar-refractivity contribution is 6.96. The molecule has 0 unspecified atom stereocenters. The van der Waals surface area contributed by atoms with Crippen LogP contribution in [-0.4, -0.2) is 15.8 Å². The predicted octanol–water partition coefficient (Wildman–Crippen LogP) is 9.36. The van der Waals surface area contributed by atoms with Crippen LogP contribution >= 0.6 is 0 Å². The molecule has 0 aliphatic carbocycles. The molecule has 0 radical (unpaired) electrons. The summed E-state index contributed by atoms with van der Waals surface area (Å²) >= 11 is 0. The van der Waals surface area contributed by atoms with Crippen LogP contribution in [0.25, 0.3) is 59.8 Å². The van der Waals surface area contributed by atoms with Crippen molar-refractivity contribution < 1.29 is 4.74 Å². The van der Waals surface area contributed by atoms with Crippen LogP contribution in [0.3, 0.4) is 0 Å². The van der Waals surface area contributed by atoms with Gasteiger partial charge in [0.2, 0.25) is 0 Å². The summed E-state index contributed by atoms with van der Waals surface area (Å²) in [7, 11) is 0. The maximum atomic E-state index is 7.72. The minimum absolute atomic E-state index is 0.0830. The molecule has 0 fully saturated rings. The molecule has 0 atom stereocenters. The Labute approximate surface area is 283 Å². The standard InChI is InChI=1S/C44H28BN3O/c1-28-17-20-33-35-26-41-36(34-21-18-30(46-2)24-40(34)47(41)31-13-7-4-8-14-31)27-42(35)48(39(33)23-28)32-19-22-38-44(25-32)49-43-16-10-9-15-37(43)45(38)29-11-5-3-6-12-29/h3-27H,1H3. The van der Waals surface area contributed by atoms with Crippen LogP contribution < -0.4 is 21.1 Å². The second-order valence-electron chi connectivity index (χ2n) is 12.9. The number of aryl methyl sites for hydroxylation is 1. The fraction of sp³-hybridized carbons (Fsp3) is 0.0227. The van der Waals surface area contributed by atoms with Crippen molar-refractivity contribution in [3.63, 3.8) is 0 Å². The van der Waals surface area contributed by atoms with Gasteiger partial charge < -0.3 is 13.9 Å². The lowest BCUT2D eigenvalue weighted by Crippen LogP contribution is -2.54. The van der Waals surface area contributed by atoms with Crippen LogP contribution in [-0.2, 0) is 0 Å². The van der Waals surface area contributed by atoms with Gasteiger partial charge in [-0.1, -0.05) is 103 Å². The van der Waals surface area contributed by atoms with Crippen molar-refractivity contribution >= 4 is 72.4 Å². The average molecular weight is 626 g/mol. The van der Waals surface area contributed by atoms with Crippen molar-refractivity contribution in [2.75, 3.05) is 0 Å². The second-order valence-corrected chi connectivity index (χ2v) is 12.9. The van der Waals surface area contributed by atoms with Gasteiger partial charge in [0.1, 0.15) is 11.5 Å². The Morgan fingerprint density at radius 3 is 1.88 bits per heavy atom. The van der Waals surface area contributed by atoms with Crippen LogP contribution in [0.5, 0.6) is 11.5 Å². The van der Waals surface area contributed by atoms with E-state index in [4.69, 9.17) is 11.3 Å². The maximum absolute atomic E-state index is 7.72. The molecule has 1 aliphatic rings. The molecule has 4 nitrogen and oxygen atoms in total. The van der Waals surface area contributed by atoms with Crippen LogP contribution in [0.1, 0.15) is 5.56 Å². The van der Waals surface area contributed by atoms with E-state index in [1.165, 1.54) is 27.3 Å². The minimum atomic E-state index is 0.0830. The molecule has 7 aromatic carbocycles. The van der Waals surface area contributed by atoms with Crippen molar-refractivity contribution in [1.82, 2.24) is 9.13 Å². The van der Waals surface area contributed by atoms with Gasteiger partial charge in [0.05, 0.1) is 23.1 Å². The summed E-state index contributed by atoms with van der Waals surface area (Å²) in [5, 5.41) is 4.65. The van der Waals surface area contributed by atoms with Crippen molar-refractivity contribution in [3.05, 3.63) is 169 Å². The molecular formula is C44H28BN3O. The first kappa shape index (κ1) is 27.6. The topological polar surface area (TPSA) is 23.4 Å². The number of benzene rings is 7. The monoisotopic (exact) mass is 625 g/mol. The van der Waals surface area contributed by atoms with Crippen molar-refractivity contribution in [3.8, 4) is 22.9 Å². The molecule has 49 heavy (non-hydrogen) atoms. The number of ether oxygens (including phenoxy) is 1. The summed E-state index contributed by atoms with van der Waals surface area (Å²) in [6.45, 7) is 9.96. The minimum Gasteiger partial charge on any atom is -0.458 e. The third-order valence-electron chi connectivity index (χ3n) is 10.1. The molecule has 3 heterocycles. The Kier molecular flexibility index (Phi) is 5.91. The molecule has 0 N–H and O–H groups in total. The van der Waals surface area contributed by atoms with Gasteiger partial charge in [0, 0.05) is 44.5 Å². The summed E-state index contributed by atoms with van der Waals surface area (Å²) < 4.78 is 11.4. The van der Waals surface area contributed by atoms with E-state index in [-0.39, 0.29) is 6.71 Å². The van der Waals surface area contributed by atoms with Gasteiger partial charge >= 0.3 is 0 Å². The number of fused-ring (bicyclic) bond motifs is 8. The van der Waals surface area contributed by atoms with E-state index < -0.39 is 0 Å². The van der Waals surface area contributed by atoms with Crippen LogP contribution in [0.2, 0.25) is 0 Å². The number of rotatable bonds is 3. The average Bonchev–Trinajstić information content (AvgIpc) is 3.63. The normalized spacial score (nSPS) is 12.3. The molecule has 0 saturated heterocycles. The maximum Gasteiger partial charge on any atom is 0.250 e. The molecule has 228 valence electrons. The number of hydrogen-bond acceptors (Lipinski definition) is 1. The fourth-order valence-electron chi connectivity index (χ4n) is 7.92. The highest BCUT2D eigenvalue weighted by Crippen LogP contribution is 2.41. The number of para-hydroxylation sites is 2. The first-order valence-electron chi connectivity index (χ1n) is 16.6. The third-order valence-corrected chi connectivity index (χ3v) is 10.1. The van der Waals surface area contributed by atoms with E-state index in [1.807, 2.05) is 24.3 Å². The first-order chi connectivity index (χ1) is 24.2. The van der Waals surface area contributed by atoms with Crippen LogP contribution in [0, 0.1) is 13.5 Å². The van der Waals surface area contributed by atoms with E-state index in [9.17, 15) is 0 Å². The van der Waals surface area contributed by atoms with Gasteiger partial charge in [0.15, 0.2) is 5.69 Å². The largest absolute Gasteiger partial charge is 0.458 e. The van der Waals surface area contributed by atoms with Crippen molar-refractivity contribution in [2.24, 2.45) is 0 Å². The molecule has 0 bridgehead atoms. The summed E-state index contributed by atoms with van der Waals surface area (Å²) in [5.74, 6) is 1.77. The van der Waals surface area contributed by atoms with Crippen LogP contribution in [0.15, 0.2) is 152 Å². The smallest absolute Gasteiger partial charge is 0.250 e. The number of nitrogens with zero attached hydrogens (tertiary/aromatic N) is 3. The predicted molar refractivity (Wildman–Crippen MR) is 204 cm³/mol. The van der Waals surface area contributed by atoms with Crippen LogP contribution in [0.4, 0.5) is 5.69 Å². The molecule has 9 aromatic rings. The lowest BCUT2D eigenvalue weighted by atomic mass is 9.36. The molecule has 0 saturated carbocycles. The van der Waals surface area contributed by atoms with Gasteiger partial charge in [-0.25, -0.2) is 4.85 Å². The molecule has 5 heteroatoms. The summed E-state index contributed by atoms with van der Waals surface area (Å²) in [5.41, 5.74) is 12.0. The van der Waals surface area contributed by atoms with Gasteiger partial charge in [0.25, 0.3) is 6.71 Å². The fourth-order valence-corrected chi connectivity index (χ4v) is 7.92. The number of hydrogen-bond donors (Lipinski definition) is 0. The lowest BCUT2D eigenvalue weighted by molar-refractivity contribution is 0.487. The molecule has 0 amide bonds. The highest BCUT2D eigenvalue weighted by atomic mass is 16.5. The Hall–Kier alpha value is -6.51. The van der Waals surface area contributed by atoms with Gasteiger partial charge in [-0.2, -0.15) is 0 Å². The molecule has 2 aromatic heterocycles. The summed E-state index contributed by atoms with van der Waals surface area (Å²) in [4.78, 5) is 3.77. The van der Waals surface area contributed by atoms with Crippen molar-refractivity contribution in [1.29, 1.82) is 0 Å². The molecular weight excluding hydrogens is 597 g/mol. The van der Waals surface area contributed by atoms with E-state index in [1.54, 1.807) is 0 Å². The quantitative estimate of drug-likeness (QED) is 0.142. The lowest BCUT2D eigenvalue weighted by Gasteiger charge is -2.27. The Morgan fingerprint density at radius 2 is 1.12 bits per heavy atom. The Bertz CT molecular complexity index is 2830. The highest BCUT2D eigenvalue weighted by Gasteiger charge is 2.32. The zero-order valence-electron chi connectivity index (χ0n) is 26.8. The van der Waals surface area contributed by atoms with Gasteiger partial charge in [-0.15, -0.1) is 0 Å². The van der Waals surface area contributed by atoms with Gasteiger partial charge in [-0.3, -0.25) is 0 Å². The van der Waals surface area contributed by atoms with Gasteiger partial charge in [-0.05, 0) is 71.9 Å². The van der Waals surface area contributed by atoms with E-state index in [0.717, 1.165) is 61.2 Å². The Morgan fingerprint density at radius 1 is 0.510 bits per heavy atom. The zero-order chi connectivity index (χ0) is 32.6. The van der Waals surface area contributed by atoms with E-state index >= 15 is 0 Å². The summed E-state index contributed by atoms with van der Waals surface area (Å²) in [6.07, 6.45) is 0. The second kappa shape index (κ2) is 10.5. The SMILES string of the molecule is [C-]#[N+]c1ccc2c3cc4c(cc3n(-c3ccccc3)c2c1)c1ccc(C)cc1n4-c1ccc2c(c1)Oc1ccccc1B2c1ccccc1. The molecule has 10 rings (SSSR count).